The zero-order valence-corrected chi connectivity index (χ0v) is 17.8. The van der Waals surface area contributed by atoms with Crippen molar-refractivity contribution in [3.05, 3.63) is 45.2 Å². The number of hydrogen-bond acceptors (Lipinski definition) is 9. The van der Waals surface area contributed by atoms with Crippen LogP contribution in [0.3, 0.4) is 0 Å². The Morgan fingerprint density at radius 1 is 1.22 bits per heavy atom. The van der Waals surface area contributed by atoms with Gasteiger partial charge in [-0.15, -0.1) is 0 Å². The second kappa shape index (κ2) is 7.04. The quantitative estimate of drug-likeness (QED) is 0.331. The summed E-state index contributed by atoms with van der Waals surface area (Å²) in [5.74, 6) is -8.19. The highest BCUT2D eigenvalue weighted by atomic mass is 35.5. The Labute approximate surface area is 186 Å². The van der Waals surface area contributed by atoms with Crippen molar-refractivity contribution in [1.29, 1.82) is 0 Å². The maximum Gasteiger partial charge on any atom is 0.255 e. The van der Waals surface area contributed by atoms with Crippen LogP contribution in [0.4, 0.5) is 0 Å². The van der Waals surface area contributed by atoms with Gasteiger partial charge in [0.1, 0.15) is 22.8 Å². The van der Waals surface area contributed by atoms with E-state index in [1.165, 1.54) is 31.1 Å². The number of phenolic OH excluding ortho intramolecular Hbond substituents is 1. The van der Waals surface area contributed by atoms with Gasteiger partial charge in [0.05, 0.1) is 17.7 Å². The fraction of sp³-hybridized carbons (Fsp3) is 0.381. The molecule has 1 aromatic carbocycles. The molecule has 1 fully saturated rings. The van der Waals surface area contributed by atoms with E-state index in [2.05, 4.69) is 0 Å². The molecular weight excluding hydrogens is 444 g/mol. The summed E-state index contributed by atoms with van der Waals surface area (Å²) in [5.41, 5.74) is 0.845. The summed E-state index contributed by atoms with van der Waals surface area (Å²) in [7, 11) is 2.97. The third kappa shape index (κ3) is 2.61. The monoisotopic (exact) mass is 464 g/mol. The fourth-order valence-electron chi connectivity index (χ4n) is 5.24. The van der Waals surface area contributed by atoms with E-state index in [0.29, 0.717) is 0 Å². The Bertz CT molecular complexity index is 1160. The van der Waals surface area contributed by atoms with Gasteiger partial charge in [0.25, 0.3) is 5.91 Å². The minimum atomic E-state index is -2.77. The molecule has 4 rings (SSSR count). The molecule has 10 nitrogen and oxygen atoms in total. The normalized spacial score (nSPS) is 32.1. The highest BCUT2D eigenvalue weighted by Gasteiger charge is 2.65. The van der Waals surface area contributed by atoms with Crippen molar-refractivity contribution in [1.82, 2.24) is 4.90 Å². The maximum atomic E-state index is 13.6. The van der Waals surface area contributed by atoms with Crippen molar-refractivity contribution in [3.8, 4) is 5.75 Å². The lowest BCUT2D eigenvalue weighted by atomic mass is 9.57. The zero-order valence-electron chi connectivity index (χ0n) is 17.0. The van der Waals surface area contributed by atoms with Gasteiger partial charge in [-0.2, -0.15) is 0 Å². The van der Waals surface area contributed by atoms with Crippen molar-refractivity contribution in [3.63, 3.8) is 0 Å². The molecule has 11 heteroatoms. The number of ketones is 2. The Kier molecular flexibility index (Phi) is 4.90. The molecule has 3 aliphatic carbocycles. The molecule has 32 heavy (non-hydrogen) atoms. The standard InChI is InChI=1S/C21H21ClN2O8/c1-24(2)14-7-5-6-10(16(27)12-9(25)4-3-8(22)11(12)15(6)26)18(29)21(7,32)19(30)13(17(14)28)20(23)31/h3-4,6-7,14-15,25-27,30,32H,5H2,1-2H3,(H2,23,31)/t6-,7+,14-,15+,21+/m0/s1. The Hall–Kier alpha value is -2.92. The number of aliphatic hydroxyl groups is 4. The molecule has 170 valence electrons. The number of phenols is 1. The third-order valence-corrected chi connectivity index (χ3v) is 6.97. The van der Waals surface area contributed by atoms with Gasteiger partial charge in [-0.1, -0.05) is 11.6 Å². The molecule has 7 N–H and O–H groups in total. The number of fused-ring (bicyclic) bond motifs is 3. The number of benzene rings is 1. The summed E-state index contributed by atoms with van der Waals surface area (Å²) in [6.45, 7) is 0. The van der Waals surface area contributed by atoms with Gasteiger partial charge in [0, 0.05) is 28.0 Å². The van der Waals surface area contributed by atoms with Crippen LogP contribution in [-0.2, 0) is 14.4 Å². The van der Waals surface area contributed by atoms with E-state index in [1.54, 1.807) is 0 Å². The molecule has 0 bridgehead atoms. The lowest BCUT2D eigenvalue weighted by Gasteiger charge is -2.51. The average Bonchev–Trinajstić information content (AvgIpc) is 2.69. The molecule has 0 saturated heterocycles. The van der Waals surface area contributed by atoms with Crippen LogP contribution in [0.2, 0.25) is 5.02 Å². The molecule has 1 amide bonds. The number of aromatic hydroxyl groups is 1. The SMILES string of the molecule is CN(C)[C@@H]1C(=O)C(C(N)=O)=C(O)[C@]2(O)C(=O)C3=C(O)c4c(O)ccc(Cl)c4[C@H](O)[C@H]3C[C@H]12. The first-order valence-electron chi connectivity index (χ1n) is 9.69. The Morgan fingerprint density at radius 2 is 1.84 bits per heavy atom. The smallest absolute Gasteiger partial charge is 0.255 e. The lowest BCUT2D eigenvalue weighted by molar-refractivity contribution is -0.155. The van der Waals surface area contributed by atoms with Crippen LogP contribution < -0.4 is 5.73 Å². The molecule has 5 atom stereocenters. The van der Waals surface area contributed by atoms with Gasteiger partial charge in [-0.05, 0) is 32.6 Å². The first kappa shape index (κ1) is 22.3. The summed E-state index contributed by atoms with van der Waals surface area (Å²) in [4.78, 5) is 39.8. The van der Waals surface area contributed by atoms with Gasteiger partial charge >= 0.3 is 0 Å². The summed E-state index contributed by atoms with van der Waals surface area (Å²) >= 11 is 6.19. The molecule has 0 radical (unpaired) electrons. The molecule has 0 aliphatic heterocycles. The van der Waals surface area contributed by atoms with Gasteiger partial charge in [-0.3, -0.25) is 19.3 Å². The fourth-order valence-corrected chi connectivity index (χ4v) is 5.51. The van der Waals surface area contributed by atoms with E-state index in [0.717, 1.165) is 0 Å². The number of likely N-dealkylation sites (N-methyl/N-ethyl adjacent to an activating group) is 1. The van der Waals surface area contributed by atoms with Crippen LogP contribution >= 0.6 is 11.6 Å². The van der Waals surface area contributed by atoms with Crippen LogP contribution in [0, 0.1) is 11.8 Å². The highest BCUT2D eigenvalue weighted by molar-refractivity contribution is 6.32. The van der Waals surface area contributed by atoms with Crippen LogP contribution in [0.25, 0.3) is 5.76 Å². The van der Waals surface area contributed by atoms with E-state index in [-0.39, 0.29) is 22.6 Å². The third-order valence-electron chi connectivity index (χ3n) is 6.64. The molecule has 3 aliphatic rings. The minimum absolute atomic E-state index is 0.00251. The number of hydrogen-bond donors (Lipinski definition) is 6. The van der Waals surface area contributed by atoms with Crippen molar-refractivity contribution in [2.24, 2.45) is 17.6 Å². The molecular formula is C21H21ClN2O8. The summed E-state index contributed by atoms with van der Waals surface area (Å²) in [6, 6.07) is 1.25. The first-order chi connectivity index (χ1) is 14.8. The van der Waals surface area contributed by atoms with Crippen molar-refractivity contribution in [2.45, 2.75) is 24.2 Å². The number of Topliss-reactive ketones (excluding diaryl/α,β-unsaturated/α-hetero) is 2. The largest absolute Gasteiger partial charge is 0.508 e. The maximum absolute atomic E-state index is 13.6. The summed E-state index contributed by atoms with van der Waals surface area (Å²) in [6.07, 6.45) is -1.70. The van der Waals surface area contributed by atoms with Gasteiger partial charge in [0.2, 0.25) is 5.78 Å². The summed E-state index contributed by atoms with van der Waals surface area (Å²) in [5, 5.41) is 54.4. The molecule has 0 spiro atoms. The first-order valence-corrected chi connectivity index (χ1v) is 10.1. The number of primary amides is 1. The van der Waals surface area contributed by atoms with Crippen LogP contribution in [0.5, 0.6) is 5.75 Å². The van der Waals surface area contributed by atoms with Crippen molar-refractivity contribution >= 4 is 34.8 Å². The number of nitrogens with two attached hydrogens (primary N) is 1. The Morgan fingerprint density at radius 3 is 2.41 bits per heavy atom. The predicted octanol–water partition coefficient (Wildman–Crippen LogP) is 0.108. The second-order valence-corrected chi connectivity index (χ2v) is 8.87. The molecule has 1 aromatic rings. The number of carbonyl (C=O) groups is 3. The number of aliphatic hydroxyl groups excluding tert-OH is 3. The predicted molar refractivity (Wildman–Crippen MR) is 111 cm³/mol. The van der Waals surface area contributed by atoms with Gasteiger partial charge < -0.3 is 31.3 Å². The number of carbonyl (C=O) groups excluding carboxylic acids is 3. The van der Waals surface area contributed by atoms with E-state index in [1.807, 2.05) is 0 Å². The van der Waals surface area contributed by atoms with Crippen molar-refractivity contribution in [2.75, 3.05) is 14.1 Å². The number of nitrogens with zero attached hydrogens (tertiary/aromatic N) is 1. The molecule has 0 heterocycles. The van der Waals surface area contributed by atoms with Crippen LogP contribution in [-0.4, -0.2) is 73.6 Å². The number of amides is 1. The van der Waals surface area contributed by atoms with Crippen LogP contribution in [0.1, 0.15) is 23.7 Å². The van der Waals surface area contributed by atoms with Gasteiger partial charge in [0.15, 0.2) is 11.4 Å². The van der Waals surface area contributed by atoms with Crippen molar-refractivity contribution < 1.29 is 39.9 Å². The average molecular weight is 465 g/mol. The van der Waals surface area contributed by atoms with Crippen LogP contribution in [0.15, 0.2) is 29.0 Å². The topological polar surface area (TPSA) is 182 Å². The highest BCUT2D eigenvalue weighted by Crippen LogP contribution is 2.56. The lowest BCUT2D eigenvalue weighted by Crippen LogP contribution is -2.66. The summed E-state index contributed by atoms with van der Waals surface area (Å²) < 4.78 is 0. The minimum Gasteiger partial charge on any atom is -0.508 e. The van der Waals surface area contributed by atoms with E-state index in [4.69, 9.17) is 17.3 Å². The van der Waals surface area contributed by atoms with E-state index in [9.17, 15) is 39.9 Å². The van der Waals surface area contributed by atoms with E-state index < -0.39 is 75.5 Å². The second-order valence-electron chi connectivity index (χ2n) is 8.47. The molecule has 0 aromatic heterocycles. The zero-order chi connectivity index (χ0) is 23.9. The molecule has 1 saturated carbocycles. The van der Waals surface area contributed by atoms with Gasteiger partial charge in [-0.25, -0.2) is 0 Å². The number of halogens is 1. The molecule has 0 unspecified atom stereocenters. The Balaban J connectivity index is 2.03. The number of rotatable bonds is 2. The van der Waals surface area contributed by atoms with E-state index >= 15 is 0 Å².